The van der Waals surface area contributed by atoms with Crippen LogP contribution in [0.15, 0.2) is 35.2 Å². The molecule has 0 saturated carbocycles. The zero-order chi connectivity index (χ0) is 15.4. The van der Waals surface area contributed by atoms with E-state index in [-0.39, 0.29) is 12.0 Å². The number of aromatic nitrogens is 1. The summed E-state index contributed by atoms with van der Waals surface area (Å²) in [5, 5.41) is 4.06. The van der Waals surface area contributed by atoms with Crippen LogP contribution in [0.5, 0.6) is 5.88 Å². The maximum absolute atomic E-state index is 12.5. The Morgan fingerprint density at radius 1 is 1.55 bits per heavy atom. The van der Waals surface area contributed by atoms with Gasteiger partial charge in [0.05, 0.1) is 13.2 Å². The summed E-state index contributed by atoms with van der Waals surface area (Å²) in [6, 6.07) is 5.44. The predicted molar refractivity (Wildman–Crippen MR) is 84.2 cm³/mol. The van der Waals surface area contributed by atoms with E-state index in [1.54, 1.807) is 41.6 Å². The van der Waals surface area contributed by atoms with Crippen LogP contribution in [0.25, 0.3) is 0 Å². The van der Waals surface area contributed by atoms with Gasteiger partial charge in [-0.25, -0.2) is 4.98 Å². The minimum Gasteiger partial charge on any atom is -0.472 e. The van der Waals surface area contributed by atoms with E-state index in [9.17, 15) is 4.79 Å². The highest BCUT2D eigenvalue weighted by atomic mass is 32.1. The first kappa shape index (κ1) is 15.0. The summed E-state index contributed by atoms with van der Waals surface area (Å²) in [5.41, 5.74) is 1.72. The first-order valence-electron chi connectivity index (χ1n) is 7.19. The number of amides is 1. The Morgan fingerprint density at radius 3 is 3.18 bits per heavy atom. The summed E-state index contributed by atoms with van der Waals surface area (Å²) in [4.78, 5) is 18.3. The van der Waals surface area contributed by atoms with Gasteiger partial charge in [-0.1, -0.05) is 0 Å². The molecule has 0 bridgehead atoms. The largest absolute Gasteiger partial charge is 0.472 e. The topological polar surface area (TPSA) is 51.7 Å². The van der Waals surface area contributed by atoms with Crippen molar-refractivity contribution in [3.63, 3.8) is 0 Å². The molecule has 116 valence electrons. The second kappa shape index (κ2) is 6.89. The van der Waals surface area contributed by atoms with Gasteiger partial charge in [-0.2, -0.15) is 11.3 Å². The van der Waals surface area contributed by atoms with Gasteiger partial charge in [-0.3, -0.25) is 4.79 Å². The molecule has 2 aromatic rings. The Kier molecular flexibility index (Phi) is 4.70. The zero-order valence-electron chi connectivity index (χ0n) is 12.4. The minimum atomic E-state index is -0.0406. The van der Waals surface area contributed by atoms with Gasteiger partial charge in [0.25, 0.3) is 5.91 Å². The summed E-state index contributed by atoms with van der Waals surface area (Å²) in [6.45, 7) is 1.89. The van der Waals surface area contributed by atoms with Crippen LogP contribution < -0.4 is 4.74 Å². The summed E-state index contributed by atoms with van der Waals surface area (Å²) in [7, 11) is 1.80. The number of rotatable bonds is 5. The summed E-state index contributed by atoms with van der Waals surface area (Å²) < 4.78 is 11.0. The highest BCUT2D eigenvalue weighted by Gasteiger charge is 2.19. The van der Waals surface area contributed by atoms with E-state index >= 15 is 0 Å². The highest BCUT2D eigenvalue weighted by molar-refractivity contribution is 7.07. The van der Waals surface area contributed by atoms with Crippen LogP contribution in [-0.4, -0.2) is 42.2 Å². The molecule has 1 aliphatic heterocycles. The fraction of sp³-hybridized carbons (Fsp3) is 0.375. The van der Waals surface area contributed by atoms with Gasteiger partial charge in [0, 0.05) is 37.8 Å². The van der Waals surface area contributed by atoms with Crippen LogP contribution >= 0.6 is 11.3 Å². The number of hydrogen-bond donors (Lipinski definition) is 0. The molecular weight excluding hydrogens is 300 g/mol. The zero-order valence-corrected chi connectivity index (χ0v) is 13.2. The minimum absolute atomic E-state index is 0.0291. The van der Waals surface area contributed by atoms with E-state index in [0.717, 1.165) is 12.0 Å². The number of hydrogen-bond acceptors (Lipinski definition) is 5. The molecule has 1 aliphatic rings. The van der Waals surface area contributed by atoms with Crippen molar-refractivity contribution in [3.8, 4) is 5.88 Å². The van der Waals surface area contributed by atoms with Crippen molar-refractivity contribution < 1.29 is 14.3 Å². The van der Waals surface area contributed by atoms with Gasteiger partial charge in [-0.15, -0.1) is 0 Å². The first-order chi connectivity index (χ1) is 10.7. The van der Waals surface area contributed by atoms with E-state index in [1.807, 2.05) is 16.8 Å². The van der Waals surface area contributed by atoms with Crippen molar-refractivity contribution in [2.75, 3.05) is 20.3 Å². The van der Waals surface area contributed by atoms with E-state index in [4.69, 9.17) is 9.47 Å². The van der Waals surface area contributed by atoms with Crippen LogP contribution in [0.2, 0.25) is 0 Å². The van der Waals surface area contributed by atoms with Crippen molar-refractivity contribution in [1.29, 1.82) is 0 Å². The molecule has 5 nitrogen and oxygen atoms in total. The average molecular weight is 318 g/mol. The Morgan fingerprint density at radius 2 is 2.45 bits per heavy atom. The Balaban J connectivity index is 1.66. The van der Waals surface area contributed by atoms with Crippen LogP contribution in [0.1, 0.15) is 22.3 Å². The van der Waals surface area contributed by atoms with Crippen molar-refractivity contribution in [2.24, 2.45) is 0 Å². The molecule has 0 N–H and O–H groups in total. The van der Waals surface area contributed by atoms with Gasteiger partial charge in [-0.05, 0) is 28.5 Å². The number of carbonyl (C=O) groups excluding carboxylic acids is 1. The Hall–Kier alpha value is -1.92. The van der Waals surface area contributed by atoms with Gasteiger partial charge >= 0.3 is 0 Å². The molecule has 22 heavy (non-hydrogen) atoms. The molecule has 0 aliphatic carbocycles. The lowest BCUT2D eigenvalue weighted by Crippen LogP contribution is -2.26. The lowest BCUT2D eigenvalue weighted by atomic mass is 10.2. The second-order valence-electron chi connectivity index (χ2n) is 5.28. The fourth-order valence-corrected chi connectivity index (χ4v) is 2.99. The molecule has 1 saturated heterocycles. The summed E-state index contributed by atoms with van der Waals surface area (Å²) in [6.07, 6.45) is 2.50. The van der Waals surface area contributed by atoms with Crippen LogP contribution in [0.4, 0.5) is 0 Å². The van der Waals surface area contributed by atoms with E-state index < -0.39 is 0 Å². The summed E-state index contributed by atoms with van der Waals surface area (Å²) in [5.74, 6) is 0.436. The molecule has 2 aromatic heterocycles. The van der Waals surface area contributed by atoms with Gasteiger partial charge in [0.15, 0.2) is 0 Å². The quantitative estimate of drug-likeness (QED) is 0.850. The number of ether oxygens (including phenoxy) is 2. The molecule has 0 unspecified atom stereocenters. The third-order valence-corrected chi connectivity index (χ3v) is 4.24. The molecule has 1 fully saturated rings. The Labute approximate surface area is 133 Å². The van der Waals surface area contributed by atoms with Crippen molar-refractivity contribution >= 4 is 17.2 Å². The summed E-state index contributed by atoms with van der Waals surface area (Å²) >= 11 is 1.63. The van der Waals surface area contributed by atoms with Gasteiger partial charge in [0.1, 0.15) is 6.10 Å². The lowest BCUT2D eigenvalue weighted by Gasteiger charge is -2.17. The molecule has 1 atom stereocenters. The van der Waals surface area contributed by atoms with Crippen molar-refractivity contribution in [1.82, 2.24) is 9.88 Å². The number of pyridine rings is 1. The molecule has 0 aromatic carbocycles. The van der Waals surface area contributed by atoms with E-state index in [2.05, 4.69) is 4.98 Å². The molecule has 3 heterocycles. The van der Waals surface area contributed by atoms with Crippen LogP contribution in [0.3, 0.4) is 0 Å². The van der Waals surface area contributed by atoms with Crippen LogP contribution in [0, 0.1) is 0 Å². The van der Waals surface area contributed by atoms with Gasteiger partial charge in [0.2, 0.25) is 5.88 Å². The molecule has 0 radical (unpaired) electrons. The van der Waals surface area contributed by atoms with Crippen molar-refractivity contribution in [3.05, 3.63) is 46.3 Å². The molecule has 1 amide bonds. The SMILES string of the molecule is CN(Cc1ccsc1)C(=O)c1ccnc(O[C@H]2CCOC2)c1. The average Bonchev–Trinajstić information content (AvgIpc) is 3.20. The fourth-order valence-electron chi connectivity index (χ4n) is 2.33. The second-order valence-corrected chi connectivity index (χ2v) is 6.06. The molecular formula is C16H18N2O3S. The number of thiophene rings is 1. The Bertz CT molecular complexity index is 624. The number of carbonyl (C=O) groups is 1. The lowest BCUT2D eigenvalue weighted by molar-refractivity contribution is 0.0784. The maximum atomic E-state index is 12.5. The highest BCUT2D eigenvalue weighted by Crippen LogP contribution is 2.17. The third-order valence-electron chi connectivity index (χ3n) is 3.50. The number of nitrogens with zero attached hydrogens (tertiary/aromatic N) is 2. The normalized spacial score (nSPS) is 17.4. The van der Waals surface area contributed by atoms with Gasteiger partial charge < -0.3 is 14.4 Å². The monoisotopic (exact) mass is 318 g/mol. The molecule has 6 heteroatoms. The first-order valence-corrected chi connectivity index (χ1v) is 8.13. The predicted octanol–water partition coefficient (Wildman–Crippen LogP) is 2.58. The molecule has 0 spiro atoms. The maximum Gasteiger partial charge on any atom is 0.254 e. The van der Waals surface area contributed by atoms with Crippen molar-refractivity contribution in [2.45, 2.75) is 19.1 Å². The standard InChI is InChI=1S/C16H18N2O3S/c1-18(9-12-4-7-22-11-12)16(19)13-2-5-17-15(8-13)21-14-3-6-20-10-14/h2,4-5,7-8,11,14H,3,6,9-10H2,1H3/t14-/m0/s1. The smallest absolute Gasteiger partial charge is 0.254 e. The molecule has 3 rings (SSSR count). The third kappa shape index (κ3) is 3.64. The van der Waals surface area contributed by atoms with E-state index in [0.29, 0.717) is 31.2 Å². The van der Waals surface area contributed by atoms with Crippen LogP contribution in [-0.2, 0) is 11.3 Å². The van der Waals surface area contributed by atoms with E-state index in [1.165, 1.54) is 0 Å².